The molecule has 1 atom stereocenters. The lowest BCUT2D eigenvalue weighted by Crippen LogP contribution is -2.46. The molecule has 1 saturated heterocycles. The second kappa shape index (κ2) is 12.9. The molecular formula is C36H32F2N4O3. The molecule has 1 fully saturated rings. The number of halogens is 2. The molecule has 45 heavy (non-hydrogen) atoms. The van der Waals surface area contributed by atoms with Gasteiger partial charge in [-0.3, -0.25) is 9.59 Å². The average molecular weight is 607 g/mol. The quantitative estimate of drug-likeness (QED) is 0.311. The van der Waals surface area contributed by atoms with Crippen LogP contribution in [-0.4, -0.2) is 67.3 Å². The molecule has 1 aliphatic carbocycles. The number of anilines is 2. The molecule has 0 spiro atoms. The second-order valence-corrected chi connectivity index (χ2v) is 11.1. The number of rotatable bonds is 5. The first-order chi connectivity index (χ1) is 21.9. The Morgan fingerprint density at radius 3 is 2.29 bits per heavy atom. The van der Waals surface area contributed by atoms with Gasteiger partial charge >= 0.3 is 0 Å². The number of amides is 2. The lowest BCUT2D eigenvalue weighted by atomic mass is 9.84. The Labute approximate surface area is 260 Å². The first-order valence-corrected chi connectivity index (χ1v) is 14.9. The van der Waals surface area contributed by atoms with Crippen molar-refractivity contribution in [3.63, 3.8) is 0 Å². The third kappa shape index (κ3) is 6.13. The Bertz CT molecular complexity index is 1740. The number of hydrogen-bond donors (Lipinski definition) is 2. The van der Waals surface area contributed by atoms with E-state index in [1.54, 1.807) is 94.7 Å². The van der Waals surface area contributed by atoms with Crippen LogP contribution >= 0.6 is 0 Å². The Balaban J connectivity index is 1.42. The fraction of sp³-hybridized carbons (Fsp3) is 0.222. The minimum atomic E-state index is -3.31. The van der Waals surface area contributed by atoms with Gasteiger partial charge in [-0.2, -0.15) is 0 Å². The number of nitrogens with zero attached hydrogens (tertiary/aromatic N) is 2. The van der Waals surface area contributed by atoms with E-state index in [9.17, 15) is 14.4 Å². The fourth-order valence-electron chi connectivity index (χ4n) is 6.09. The van der Waals surface area contributed by atoms with E-state index in [2.05, 4.69) is 16.6 Å². The molecule has 3 aromatic rings. The van der Waals surface area contributed by atoms with Crippen LogP contribution in [0, 0.1) is 0 Å². The van der Waals surface area contributed by atoms with Gasteiger partial charge in [-0.1, -0.05) is 78.9 Å². The van der Waals surface area contributed by atoms with Crippen LogP contribution in [0.1, 0.15) is 17.5 Å². The summed E-state index contributed by atoms with van der Waals surface area (Å²) in [6.07, 6.45) is 3.82. The standard InChI is InChI=1S/C36H32F2N4O3/c37-36(38)17-20-42(31-14-8-7-13-27(31)30(36)23-33(44)41-21-18-39-19-22-41)32-16-15-28(35(45)40-26-11-5-2-6-12-26)34(29(32)24-43)25-9-3-1-4-10-25/h1-16,23,32,39H,17-22H2,(H,40,45). The molecule has 2 heterocycles. The lowest BCUT2D eigenvalue weighted by molar-refractivity contribution is -0.126. The Kier molecular flexibility index (Phi) is 8.56. The predicted octanol–water partition coefficient (Wildman–Crippen LogP) is 5.14. The van der Waals surface area contributed by atoms with Gasteiger partial charge in [-0.15, -0.1) is 0 Å². The van der Waals surface area contributed by atoms with E-state index < -0.39 is 30.2 Å². The van der Waals surface area contributed by atoms with E-state index in [1.807, 2.05) is 12.1 Å². The molecule has 0 bridgehead atoms. The van der Waals surface area contributed by atoms with Crippen LogP contribution in [-0.2, 0) is 14.4 Å². The minimum absolute atomic E-state index is 0.114. The zero-order valence-electron chi connectivity index (χ0n) is 24.5. The summed E-state index contributed by atoms with van der Waals surface area (Å²) in [7, 11) is 0. The number of piperazine rings is 1. The number of carbonyl (C=O) groups is 2. The molecule has 7 nitrogen and oxygen atoms in total. The molecule has 228 valence electrons. The highest BCUT2D eigenvalue weighted by atomic mass is 19.3. The van der Waals surface area contributed by atoms with Gasteiger partial charge in [-0.05, 0) is 23.8 Å². The number of allylic oxidation sites excluding steroid dienone is 1. The fourth-order valence-corrected chi connectivity index (χ4v) is 6.09. The van der Waals surface area contributed by atoms with Crippen LogP contribution in [0.2, 0.25) is 0 Å². The largest absolute Gasteiger partial charge is 0.359 e. The molecule has 2 aliphatic heterocycles. The van der Waals surface area contributed by atoms with Crippen molar-refractivity contribution < 1.29 is 23.2 Å². The van der Waals surface area contributed by atoms with E-state index in [4.69, 9.17) is 0 Å². The maximum Gasteiger partial charge on any atom is 0.275 e. The van der Waals surface area contributed by atoms with Crippen LogP contribution in [0.5, 0.6) is 0 Å². The number of hydrogen-bond acceptors (Lipinski definition) is 5. The van der Waals surface area contributed by atoms with Crippen LogP contribution in [0.15, 0.2) is 114 Å². The molecule has 2 N–H and O–H groups in total. The van der Waals surface area contributed by atoms with Crippen molar-refractivity contribution in [2.24, 2.45) is 0 Å². The Hall–Kier alpha value is -5.11. The summed E-state index contributed by atoms with van der Waals surface area (Å²) in [5.74, 6) is -2.10. The van der Waals surface area contributed by atoms with Gasteiger partial charge in [-0.25, -0.2) is 13.6 Å². The molecule has 2 amide bonds. The minimum Gasteiger partial charge on any atom is -0.359 e. The Morgan fingerprint density at radius 1 is 0.911 bits per heavy atom. The van der Waals surface area contributed by atoms with Gasteiger partial charge in [0.2, 0.25) is 5.91 Å². The van der Waals surface area contributed by atoms with E-state index in [0.29, 0.717) is 48.7 Å². The van der Waals surface area contributed by atoms with Crippen molar-refractivity contribution in [3.8, 4) is 0 Å². The SMILES string of the molecule is O=C=C1C(c2ccccc2)=C(C(=O)Nc2ccccc2)C=CC1N1CCC(F)(F)C(=CC(=O)N2CCNCC2)c2ccccc21. The third-order valence-corrected chi connectivity index (χ3v) is 8.32. The number of carbonyl (C=O) groups excluding carboxylic acids is 3. The molecule has 6 rings (SSSR count). The lowest BCUT2D eigenvalue weighted by Gasteiger charge is -2.35. The van der Waals surface area contributed by atoms with Crippen molar-refractivity contribution in [3.05, 3.63) is 125 Å². The molecule has 0 saturated carbocycles. The van der Waals surface area contributed by atoms with Gasteiger partial charge in [0.05, 0.1) is 11.6 Å². The van der Waals surface area contributed by atoms with Gasteiger partial charge in [0.1, 0.15) is 5.94 Å². The number of para-hydroxylation sites is 2. The van der Waals surface area contributed by atoms with Crippen LogP contribution in [0.4, 0.5) is 20.2 Å². The molecule has 3 aromatic carbocycles. The average Bonchev–Trinajstić information content (AvgIpc) is 3.18. The first-order valence-electron chi connectivity index (χ1n) is 14.9. The third-order valence-electron chi connectivity index (χ3n) is 8.32. The van der Waals surface area contributed by atoms with Crippen LogP contribution in [0.25, 0.3) is 11.1 Å². The molecule has 3 aliphatic rings. The van der Waals surface area contributed by atoms with E-state index in [0.717, 1.165) is 6.08 Å². The van der Waals surface area contributed by atoms with Crippen molar-refractivity contribution in [2.45, 2.75) is 18.4 Å². The van der Waals surface area contributed by atoms with E-state index >= 15 is 8.78 Å². The second-order valence-electron chi connectivity index (χ2n) is 11.1. The van der Waals surface area contributed by atoms with Gasteiger partial charge in [0, 0.05) is 78.9 Å². The highest BCUT2D eigenvalue weighted by Crippen LogP contribution is 2.46. The first kappa shape index (κ1) is 29.9. The summed E-state index contributed by atoms with van der Waals surface area (Å²) in [5, 5.41) is 6.05. The van der Waals surface area contributed by atoms with E-state index in [1.165, 1.54) is 0 Å². The number of fused-ring (bicyclic) bond motifs is 1. The van der Waals surface area contributed by atoms with E-state index in [-0.39, 0.29) is 28.8 Å². The summed E-state index contributed by atoms with van der Waals surface area (Å²) in [6.45, 7) is 1.98. The zero-order chi connectivity index (χ0) is 31.4. The highest BCUT2D eigenvalue weighted by molar-refractivity contribution is 6.15. The number of alkyl halides is 2. The van der Waals surface area contributed by atoms with Crippen LogP contribution in [0.3, 0.4) is 0 Å². The van der Waals surface area contributed by atoms with Gasteiger partial charge < -0.3 is 20.4 Å². The maximum atomic E-state index is 15.9. The Morgan fingerprint density at radius 2 is 1.58 bits per heavy atom. The van der Waals surface area contributed by atoms with Crippen LogP contribution < -0.4 is 15.5 Å². The molecule has 0 radical (unpaired) electrons. The highest BCUT2D eigenvalue weighted by Gasteiger charge is 2.43. The van der Waals surface area contributed by atoms with Crippen molar-refractivity contribution in [1.82, 2.24) is 10.2 Å². The molecule has 9 heteroatoms. The smallest absolute Gasteiger partial charge is 0.275 e. The van der Waals surface area contributed by atoms with Gasteiger partial charge in [0.25, 0.3) is 11.8 Å². The zero-order valence-corrected chi connectivity index (χ0v) is 24.5. The van der Waals surface area contributed by atoms with Crippen molar-refractivity contribution >= 4 is 40.3 Å². The molecule has 0 aromatic heterocycles. The summed E-state index contributed by atoms with van der Waals surface area (Å²) < 4.78 is 31.9. The monoisotopic (exact) mass is 606 g/mol. The number of nitrogens with one attached hydrogen (secondary N) is 2. The van der Waals surface area contributed by atoms with Gasteiger partial charge in [0.15, 0.2) is 0 Å². The summed E-state index contributed by atoms with van der Waals surface area (Å²) >= 11 is 0. The normalized spacial score (nSPS) is 20.4. The predicted molar refractivity (Wildman–Crippen MR) is 171 cm³/mol. The summed E-state index contributed by atoms with van der Waals surface area (Å²) in [5.41, 5.74) is 2.35. The number of benzene rings is 3. The summed E-state index contributed by atoms with van der Waals surface area (Å²) in [4.78, 5) is 42.9. The topological polar surface area (TPSA) is 81.8 Å². The molecular weight excluding hydrogens is 574 g/mol. The maximum absolute atomic E-state index is 15.9. The van der Waals surface area contributed by atoms with Crippen molar-refractivity contribution in [1.29, 1.82) is 0 Å². The summed E-state index contributed by atoms with van der Waals surface area (Å²) in [6, 6.07) is 23.9. The molecule has 1 unspecified atom stereocenters. The van der Waals surface area contributed by atoms with Crippen molar-refractivity contribution in [2.75, 3.05) is 42.9 Å².